The van der Waals surface area contributed by atoms with E-state index in [-0.39, 0.29) is 23.1 Å². The predicted molar refractivity (Wildman–Crippen MR) is 111 cm³/mol. The number of hydrogen-bond donors (Lipinski definition) is 1. The van der Waals surface area contributed by atoms with Gasteiger partial charge in [-0.05, 0) is 31.0 Å². The van der Waals surface area contributed by atoms with E-state index in [4.69, 9.17) is 5.73 Å². The Balaban J connectivity index is 1.76. The number of anilines is 2. The summed E-state index contributed by atoms with van der Waals surface area (Å²) in [6.07, 6.45) is 4.27. The normalized spacial score (nSPS) is 16.0. The van der Waals surface area contributed by atoms with Crippen LogP contribution < -0.4 is 16.2 Å². The first-order valence-electron chi connectivity index (χ1n) is 9.73. The first-order chi connectivity index (χ1) is 15.1. The molecule has 1 aliphatic rings. The molecule has 1 atom stereocenters. The topological polar surface area (TPSA) is 118 Å². The summed E-state index contributed by atoms with van der Waals surface area (Å²) in [4.78, 5) is 23.4. The van der Waals surface area contributed by atoms with Crippen molar-refractivity contribution < 1.29 is 4.39 Å². The summed E-state index contributed by atoms with van der Waals surface area (Å²) >= 11 is 0. The molecular formula is C21H17FN8O. The van der Waals surface area contributed by atoms with Crippen LogP contribution in [0, 0.1) is 17.1 Å². The molecule has 1 unspecified atom stereocenters. The van der Waals surface area contributed by atoms with Gasteiger partial charge in [0.15, 0.2) is 23.0 Å². The number of nitrogens with two attached hydrogens (primary N) is 1. The lowest BCUT2D eigenvalue weighted by Gasteiger charge is -2.27. The second-order valence-corrected chi connectivity index (χ2v) is 7.22. The molecule has 31 heavy (non-hydrogen) atoms. The lowest BCUT2D eigenvalue weighted by molar-refractivity contribution is 0.592. The smallest absolute Gasteiger partial charge is 0.285 e. The van der Waals surface area contributed by atoms with Crippen molar-refractivity contribution in [1.82, 2.24) is 24.1 Å². The van der Waals surface area contributed by atoms with Gasteiger partial charge >= 0.3 is 0 Å². The van der Waals surface area contributed by atoms with Gasteiger partial charge in [-0.25, -0.2) is 13.9 Å². The van der Waals surface area contributed by atoms with Crippen LogP contribution in [0.25, 0.3) is 11.2 Å². The molecule has 1 saturated heterocycles. The molecule has 0 bridgehead atoms. The third-order valence-electron chi connectivity index (χ3n) is 5.41. The zero-order valence-corrected chi connectivity index (χ0v) is 16.3. The van der Waals surface area contributed by atoms with E-state index in [1.165, 1.54) is 27.5 Å². The molecule has 4 aromatic rings. The lowest BCUT2D eigenvalue weighted by Crippen LogP contribution is -2.33. The second kappa shape index (κ2) is 7.21. The zero-order chi connectivity index (χ0) is 21.5. The highest BCUT2D eigenvalue weighted by atomic mass is 19.1. The standard InChI is InChI=1S/C21H17FN8O/c22-15-8-10-29-17(15)20(31)30(14-5-2-1-3-6-14)19(27-29)16-7-4-9-28(16)18-13(11-23)12-25-21(24)26-18/h1-3,5-6,8,10,12,16H,4,7,9H2,(H2,24,25,26). The molecule has 0 radical (unpaired) electrons. The summed E-state index contributed by atoms with van der Waals surface area (Å²) in [5.74, 6) is 0.242. The van der Waals surface area contributed by atoms with Crippen LogP contribution >= 0.6 is 0 Å². The zero-order valence-electron chi connectivity index (χ0n) is 16.3. The first-order valence-corrected chi connectivity index (χ1v) is 9.73. The SMILES string of the molecule is N#Cc1cnc(N)nc1N1CCCC1c1nn2ccc(F)c2c(=O)n1-c1ccccc1. The molecule has 9 nitrogen and oxygen atoms in total. The Morgan fingerprint density at radius 2 is 2.03 bits per heavy atom. The summed E-state index contributed by atoms with van der Waals surface area (Å²) in [5.41, 5.74) is 6.01. The van der Waals surface area contributed by atoms with Crippen molar-refractivity contribution in [3.63, 3.8) is 0 Å². The quantitative estimate of drug-likeness (QED) is 0.544. The number of nitriles is 1. The summed E-state index contributed by atoms with van der Waals surface area (Å²) in [5, 5.41) is 14.1. The first kappa shape index (κ1) is 18.7. The van der Waals surface area contributed by atoms with Crippen LogP contribution in [-0.2, 0) is 0 Å². The van der Waals surface area contributed by atoms with Crippen LogP contribution in [0.3, 0.4) is 0 Å². The fourth-order valence-electron chi connectivity index (χ4n) is 4.06. The number of para-hydroxylation sites is 1. The van der Waals surface area contributed by atoms with Gasteiger partial charge in [-0.2, -0.15) is 15.3 Å². The van der Waals surface area contributed by atoms with Gasteiger partial charge in [0.25, 0.3) is 5.56 Å². The lowest BCUT2D eigenvalue weighted by atomic mass is 10.1. The van der Waals surface area contributed by atoms with Crippen molar-refractivity contribution in [3.8, 4) is 11.8 Å². The Hall–Kier alpha value is -4.26. The Morgan fingerprint density at radius 1 is 1.23 bits per heavy atom. The average Bonchev–Trinajstić information content (AvgIpc) is 3.41. The van der Waals surface area contributed by atoms with E-state index in [1.807, 2.05) is 11.0 Å². The maximum atomic E-state index is 14.3. The molecule has 5 rings (SSSR count). The Kier molecular flexibility index (Phi) is 4.36. The van der Waals surface area contributed by atoms with Crippen molar-refractivity contribution in [3.05, 3.63) is 76.4 Å². The minimum atomic E-state index is -0.632. The fraction of sp³-hybridized carbons (Fsp3) is 0.190. The number of fused-ring (bicyclic) bond motifs is 1. The average molecular weight is 416 g/mol. The van der Waals surface area contributed by atoms with Crippen molar-refractivity contribution >= 4 is 17.3 Å². The molecule has 4 heterocycles. The van der Waals surface area contributed by atoms with Gasteiger partial charge in [0.05, 0.1) is 17.9 Å². The Bertz CT molecular complexity index is 1390. The highest BCUT2D eigenvalue weighted by molar-refractivity contribution is 5.57. The molecule has 1 fully saturated rings. The van der Waals surface area contributed by atoms with Gasteiger partial charge in [0.2, 0.25) is 5.95 Å². The number of halogens is 1. The molecule has 1 aliphatic heterocycles. The monoisotopic (exact) mass is 416 g/mol. The van der Waals surface area contributed by atoms with Crippen molar-refractivity contribution in [1.29, 1.82) is 5.26 Å². The molecule has 10 heteroatoms. The van der Waals surface area contributed by atoms with Gasteiger partial charge in [-0.3, -0.25) is 9.36 Å². The van der Waals surface area contributed by atoms with Gasteiger partial charge in [0.1, 0.15) is 11.6 Å². The van der Waals surface area contributed by atoms with Crippen LogP contribution in [0.1, 0.15) is 30.3 Å². The van der Waals surface area contributed by atoms with E-state index < -0.39 is 11.4 Å². The maximum absolute atomic E-state index is 14.3. The van der Waals surface area contributed by atoms with E-state index in [1.54, 1.807) is 24.3 Å². The van der Waals surface area contributed by atoms with E-state index >= 15 is 0 Å². The highest BCUT2D eigenvalue weighted by Gasteiger charge is 2.34. The minimum absolute atomic E-state index is 0.0518. The van der Waals surface area contributed by atoms with Crippen LogP contribution in [0.2, 0.25) is 0 Å². The summed E-state index contributed by atoms with van der Waals surface area (Å²) in [7, 11) is 0. The molecule has 154 valence electrons. The molecule has 2 N–H and O–H groups in total. The van der Waals surface area contributed by atoms with Gasteiger partial charge < -0.3 is 10.6 Å². The van der Waals surface area contributed by atoms with E-state index in [9.17, 15) is 14.4 Å². The van der Waals surface area contributed by atoms with Crippen LogP contribution in [0.15, 0.2) is 53.6 Å². The Morgan fingerprint density at radius 3 is 2.81 bits per heavy atom. The van der Waals surface area contributed by atoms with Crippen molar-refractivity contribution in [2.75, 3.05) is 17.2 Å². The summed E-state index contributed by atoms with van der Waals surface area (Å²) in [6.45, 7) is 0.596. The van der Waals surface area contributed by atoms with Crippen LogP contribution in [0.5, 0.6) is 0 Å². The minimum Gasteiger partial charge on any atom is -0.368 e. The number of aromatic nitrogens is 5. The predicted octanol–water partition coefficient (Wildman–Crippen LogP) is 2.21. The van der Waals surface area contributed by atoms with Crippen LogP contribution in [-0.4, -0.2) is 30.7 Å². The third kappa shape index (κ3) is 2.98. The van der Waals surface area contributed by atoms with Crippen molar-refractivity contribution in [2.24, 2.45) is 0 Å². The van der Waals surface area contributed by atoms with E-state index in [0.717, 1.165) is 6.42 Å². The number of benzene rings is 1. The fourth-order valence-corrected chi connectivity index (χ4v) is 4.06. The van der Waals surface area contributed by atoms with Crippen molar-refractivity contribution in [2.45, 2.75) is 18.9 Å². The number of rotatable bonds is 3. The van der Waals surface area contributed by atoms with Gasteiger partial charge in [-0.15, -0.1) is 0 Å². The highest BCUT2D eigenvalue weighted by Crippen LogP contribution is 2.36. The van der Waals surface area contributed by atoms with Gasteiger partial charge in [0, 0.05) is 12.7 Å². The third-order valence-corrected chi connectivity index (χ3v) is 5.41. The number of nitrogen functional groups attached to an aromatic ring is 1. The van der Waals surface area contributed by atoms with Crippen LogP contribution in [0.4, 0.5) is 16.2 Å². The largest absolute Gasteiger partial charge is 0.368 e. The molecule has 0 spiro atoms. The number of nitrogens with zero attached hydrogens (tertiary/aromatic N) is 7. The van der Waals surface area contributed by atoms with E-state index in [0.29, 0.717) is 30.3 Å². The van der Waals surface area contributed by atoms with Gasteiger partial charge in [-0.1, -0.05) is 18.2 Å². The maximum Gasteiger partial charge on any atom is 0.285 e. The molecule has 0 amide bonds. The molecule has 0 saturated carbocycles. The Labute approximate surface area is 175 Å². The second-order valence-electron chi connectivity index (χ2n) is 7.22. The summed E-state index contributed by atoms with van der Waals surface area (Å²) in [6, 6.07) is 11.9. The molecule has 3 aromatic heterocycles. The summed E-state index contributed by atoms with van der Waals surface area (Å²) < 4.78 is 17.0. The molecular weight excluding hydrogens is 399 g/mol. The van der Waals surface area contributed by atoms with E-state index in [2.05, 4.69) is 21.1 Å². The molecule has 1 aromatic carbocycles. The molecule has 0 aliphatic carbocycles. The number of hydrogen-bond acceptors (Lipinski definition) is 7.